The van der Waals surface area contributed by atoms with E-state index in [4.69, 9.17) is 0 Å². The van der Waals surface area contributed by atoms with Gasteiger partial charge in [-0.3, -0.25) is 9.59 Å². The highest BCUT2D eigenvalue weighted by Crippen LogP contribution is 2.32. The van der Waals surface area contributed by atoms with Crippen molar-refractivity contribution in [2.45, 2.75) is 19.5 Å². The Bertz CT molecular complexity index is 578. The fraction of sp³-hybridized carbons (Fsp3) is 0.308. The average molecular weight is 306 g/mol. The van der Waals surface area contributed by atoms with Gasteiger partial charge in [0.1, 0.15) is 5.82 Å². The van der Waals surface area contributed by atoms with Crippen LogP contribution < -0.4 is 0 Å². The van der Waals surface area contributed by atoms with Crippen molar-refractivity contribution in [1.82, 2.24) is 0 Å². The molecule has 0 saturated heterocycles. The molecule has 0 heterocycles. The summed E-state index contributed by atoms with van der Waals surface area (Å²) in [5, 5.41) is 0. The van der Waals surface area contributed by atoms with E-state index >= 15 is 0 Å². The summed E-state index contributed by atoms with van der Waals surface area (Å²) >= 11 is 0. The molecular weight excluding hydrogens is 296 g/mol. The fourth-order valence-electron chi connectivity index (χ4n) is 1.45. The predicted octanol–water partition coefficient (Wildman–Crippen LogP) is 2.55. The number of Topliss-reactive ketones (excluding diaryl/α,β-unsaturated/α-hetero) is 2. The summed E-state index contributed by atoms with van der Waals surface area (Å²) in [6.45, 7) is 1.37. The average Bonchev–Trinajstić information content (AvgIpc) is 2.37. The molecule has 0 aliphatic heterocycles. The van der Waals surface area contributed by atoms with Crippen molar-refractivity contribution in [3.63, 3.8) is 0 Å². The van der Waals surface area contributed by atoms with E-state index in [1.807, 2.05) is 0 Å². The molecule has 1 rings (SSSR count). The number of ether oxygens (including phenoxy) is 1. The van der Waals surface area contributed by atoms with Crippen molar-refractivity contribution < 1.29 is 36.7 Å². The van der Waals surface area contributed by atoms with Crippen LogP contribution in [0.4, 0.5) is 17.6 Å². The largest absolute Gasteiger partial charge is 0.460 e. The van der Waals surface area contributed by atoms with Crippen LogP contribution in [0.2, 0.25) is 0 Å². The highest BCUT2D eigenvalue weighted by atomic mass is 19.4. The number of alkyl halides is 3. The molecule has 1 aromatic carbocycles. The standard InChI is InChI=1S/C13H10F4O4/c1-2-21-12(20)11(19)6-10(18)7-3-4-9(14)8(5-7)13(15,16)17/h3-5H,2,6H2,1H3. The quantitative estimate of drug-likeness (QED) is 0.276. The molecule has 0 aliphatic rings. The second-order valence-corrected chi connectivity index (χ2v) is 3.94. The van der Waals surface area contributed by atoms with Crippen LogP contribution in [0.25, 0.3) is 0 Å². The molecule has 1 aromatic rings. The number of carbonyl (C=O) groups is 3. The lowest BCUT2D eigenvalue weighted by Gasteiger charge is -2.09. The lowest BCUT2D eigenvalue weighted by Crippen LogP contribution is -2.21. The maximum Gasteiger partial charge on any atom is 0.419 e. The summed E-state index contributed by atoms with van der Waals surface area (Å²) < 4.78 is 54.9. The molecule has 0 bridgehead atoms. The molecule has 0 atom stereocenters. The lowest BCUT2D eigenvalue weighted by atomic mass is 10.0. The van der Waals surface area contributed by atoms with Crippen molar-refractivity contribution in [2.75, 3.05) is 6.61 Å². The SMILES string of the molecule is CCOC(=O)C(=O)CC(=O)c1ccc(F)c(C(F)(F)F)c1. The monoisotopic (exact) mass is 306 g/mol. The summed E-state index contributed by atoms with van der Waals surface area (Å²) in [6, 6.07) is 1.59. The molecule has 0 N–H and O–H groups in total. The third kappa shape index (κ3) is 4.37. The molecule has 0 radical (unpaired) electrons. The first-order valence-electron chi connectivity index (χ1n) is 5.76. The number of hydrogen-bond acceptors (Lipinski definition) is 4. The van der Waals surface area contributed by atoms with Crippen LogP contribution in [0.5, 0.6) is 0 Å². The van der Waals surface area contributed by atoms with Gasteiger partial charge in [-0.2, -0.15) is 13.2 Å². The van der Waals surface area contributed by atoms with Crippen LogP contribution >= 0.6 is 0 Å². The van der Waals surface area contributed by atoms with Gasteiger partial charge in [-0.05, 0) is 25.1 Å². The van der Waals surface area contributed by atoms with Gasteiger partial charge in [-0.25, -0.2) is 9.18 Å². The molecule has 21 heavy (non-hydrogen) atoms. The Kier molecular flexibility index (Phi) is 5.17. The van der Waals surface area contributed by atoms with Gasteiger partial charge in [0.2, 0.25) is 5.78 Å². The van der Waals surface area contributed by atoms with Gasteiger partial charge in [0, 0.05) is 5.56 Å². The van der Waals surface area contributed by atoms with E-state index in [1.165, 1.54) is 6.92 Å². The number of carbonyl (C=O) groups excluding carboxylic acids is 3. The van der Waals surface area contributed by atoms with Gasteiger partial charge in [-0.15, -0.1) is 0 Å². The number of rotatable bonds is 5. The van der Waals surface area contributed by atoms with Gasteiger partial charge >= 0.3 is 12.1 Å². The fourth-order valence-corrected chi connectivity index (χ4v) is 1.45. The number of hydrogen-bond donors (Lipinski definition) is 0. The lowest BCUT2D eigenvalue weighted by molar-refractivity contribution is -0.153. The molecule has 114 valence electrons. The first-order chi connectivity index (χ1) is 9.66. The van der Waals surface area contributed by atoms with Crippen molar-refractivity contribution in [3.8, 4) is 0 Å². The molecule has 0 aliphatic carbocycles. The van der Waals surface area contributed by atoms with E-state index in [2.05, 4.69) is 4.74 Å². The molecule has 0 saturated carbocycles. The summed E-state index contributed by atoms with van der Waals surface area (Å²) in [4.78, 5) is 33.9. The maximum atomic E-state index is 13.0. The summed E-state index contributed by atoms with van der Waals surface area (Å²) in [5.74, 6) is -4.99. The molecule has 0 amide bonds. The first-order valence-corrected chi connectivity index (χ1v) is 5.76. The molecule has 0 fully saturated rings. The number of esters is 1. The Balaban J connectivity index is 2.94. The summed E-state index contributed by atoms with van der Waals surface area (Å²) in [5.41, 5.74) is -2.13. The van der Waals surface area contributed by atoms with Crippen LogP contribution in [0.1, 0.15) is 29.3 Å². The zero-order valence-electron chi connectivity index (χ0n) is 10.8. The Labute approximate surface area is 116 Å². The Morgan fingerprint density at radius 3 is 2.33 bits per heavy atom. The molecular formula is C13H10F4O4. The van der Waals surface area contributed by atoms with Gasteiger partial charge in [0.25, 0.3) is 0 Å². The third-order valence-corrected chi connectivity index (χ3v) is 2.42. The molecule has 0 unspecified atom stereocenters. The topological polar surface area (TPSA) is 60.4 Å². The summed E-state index contributed by atoms with van der Waals surface area (Å²) in [7, 11) is 0. The van der Waals surface area contributed by atoms with Gasteiger partial charge in [-0.1, -0.05) is 0 Å². The predicted molar refractivity (Wildman–Crippen MR) is 62.0 cm³/mol. The molecule has 0 aromatic heterocycles. The van der Waals surface area contributed by atoms with E-state index in [9.17, 15) is 31.9 Å². The first kappa shape index (κ1) is 16.8. The van der Waals surface area contributed by atoms with Crippen molar-refractivity contribution in [2.24, 2.45) is 0 Å². The van der Waals surface area contributed by atoms with E-state index < -0.39 is 47.1 Å². The molecule has 4 nitrogen and oxygen atoms in total. The van der Waals surface area contributed by atoms with Gasteiger partial charge in [0.15, 0.2) is 5.78 Å². The van der Waals surface area contributed by atoms with Crippen LogP contribution in [0, 0.1) is 5.82 Å². The summed E-state index contributed by atoms with van der Waals surface area (Å²) in [6.07, 6.45) is -5.91. The van der Waals surface area contributed by atoms with Gasteiger partial charge in [0.05, 0.1) is 18.6 Å². The number of benzene rings is 1. The number of halogens is 4. The van der Waals surface area contributed by atoms with E-state index in [0.717, 1.165) is 6.07 Å². The Morgan fingerprint density at radius 1 is 1.19 bits per heavy atom. The second-order valence-electron chi connectivity index (χ2n) is 3.94. The van der Waals surface area contributed by atoms with Crippen LogP contribution in [0.15, 0.2) is 18.2 Å². The normalized spacial score (nSPS) is 11.1. The second kappa shape index (κ2) is 6.47. The van der Waals surface area contributed by atoms with Crippen molar-refractivity contribution in [1.29, 1.82) is 0 Å². The molecule has 0 spiro atoms. The highest BCUT2D eigenvalue weighted by Gasteiger charge is 2.35. The Morgan fingerprint density at radius 2 is 1.81 bits per heavy atom. The smallest absolute Gasteiger partial charge is 0.419 e. The molecule has 8 heteroatoms. The van der Waals surface area contributed by atoms with Crippen LogP contribution in [-0.2, 0) is 20.5 Å². The van der Waals surface area contributed by atoms with Crippen LogP contribution in [0.3, 0.4) is 0 Å². The van der Waals surface area contributed by atoms with Crippen molar-refractivity contribution in [3.05, 3.63) is 35.1 Å². The van der Waals surface area contributed by atoms with Gasteiger partial charge < -0.3 is 4.74 Å². The zero-order chi connectivity index (χ0) is 16.2. The Hall–Kier alpha value is -2.25. The minimum Gasteiger partial charge on any atom is -0.460 e. The highest BCUT2D eigenvalue weighted by molar-refractivity contribution is 6.38. The zero-order valence-corrected chi connectivity index (χ0v) is 10.8. The van der Waals surface area contributed by atoms with E-state index in [0.29, 0.717) is 12.1 Å². The van der Waals surface area contributed by atoms with E-state index in [-0.39, 0.29) is 6.61 Å². The van der Waals surface area contributed by atoms with E-state index in [1.54, 1.807) is 0 Å². The minimum absolute atomic E-state index is 0.0759. The van der Waals surface area contributed by atoms with Crippen LogP contribution in [-0.4, -0.2) is 24.1 Å². The minimum atomic E-state index is -4.97. The third-order valence-electron chi connectivity index (χ3n) is 2.42. The number of ketones is 2. The van der Waals surface area contributed by atoms with Crippen molar-refractivity contribution >= 4 is 17.5 Å². The maximum absolute atomic E-state index is 13.0.